The Morgan fingerprint density at radius 1 is 1.14 bits per heavy atom. The fourth-order valence-electron chi connectivity index (χ4n) is 3.59. The third-order valence-electron chi connectivity index (χ3n) is 5.07. The molecule has 29 heavy (non-hydrogen) atoms. The Morgan fingerprint density at radius 2 is 1.79 bits per heavy atom. The van der Waals surface area contributed by atoms with Crippen LogP contribution in [0.2, 0.25) is 0 Å². The Morgan fingerprint density at radius 3 is 2.45 bits per heavy atom. The highest BCUT2D eigenvalue weighted by molar-refractivity contribution is 6.02. The van der Waals surface area contributed by atoms with E-state index in [9.17, 15) is 18.0 Å². The fraction of sp³-hybridized carbons (Fsp3) is 0.300. The first-order chi connectivity index (χ1) is 13.8. The summed E-state index contributed by atoms with van der Waals surface area (Å²) < 4.78 is 48.6. The molecule has 0 saturated carbocycles. The second kappa shape index (κ2) is 6.98. The van der Waals surface area contributed by atoms with Crippen LogP contribution in [0.4, 0.5) is 18.0 Å². The van der Waals surface area contributed by atoms with Crippen LogP contribution in [-0.4, -0.2) is 53.8 Å². The van der Waals surface area contributed by atoms with Gasteiger partial charge < -0.3 is 20.1 Å². The van der Waals surface area contributed by atoms with E-state index in [4.69, 9.17) is 9.84 Å². The maximum atomic E-state index is 14.3. The summed E-state index contributed by atoms with van der Waals surface area (Å²) >= 11 is 0. The van der Waals surface area contributed by atoms with Crippen molar-refractivity contribution in [1.82, 2.24) is 10.2 Å². The number of likely N-dealkylation sites (tertiary alicyclic amines) is 1. The molecule has 2 N–H and O–H groups in total. The van der Waals surface area contributed by atoms with Crippen LogP contribution in [-0.2, 0) is 5.60 Å². The number of nitrogens with zero attached hydrogens (tertiary/aromatic N) is 2. The molecular weight excluding hydrogens is 387 g/mol. The summed E-state index contributed by atoms with van der Waals surface area (Å²) in [5.41, 5.74) is -2.19. The van der Waals surface area contributed by atoms with Crippen molar-refractivity contribution in [1.29, 1.82) is 0 Å². The van der Waals surface area contributed by atoms with Crippen LogP contribution < -0.4 is 10.1 Å². The van der Waals surface area contributed by atoms with Crippen molar-refractivity contribution in [2.75, 3.05) is 19.6 Å². The van der Waals surface area contributed by atoms with E-state index >= 15 is 0 Å². The van der Waals surface area contributed by atoms with Crippen LogP contribution in [0.25, 0.3) is 0 Å². The Hall–Kier alpha value is -3.23. The van der Waals surface area contributed by atoms with E-state index in [0.29, 0.717) is 24.5 Å². The first-order valence-electron chi connectivity index (χ1n) is 9.00. The molecule has 1 atom stereocenters. The van der Waals surface area contributed by atoms with Crippen molar-refractivity contribution >= 4 is 11.9 Å². The number of para-hydroxylation sites is 1. The van der Waals surface area contributed by atoms with Gasteiger partial charge in [0.25, 0.3) is 0 Å². The third-order valence-corrected chi connectivity index (χ3v) is 5.07. The minimum Gasteiger partial charge on any atom is -0.470 e. The van der Waals surface area contributed by atoms with Gasteiger partial charge in [-0.2, -0.15) is 13.2 Å². The molecule has 1 unspecified atom stereocenters. The minimum atomic E-state index is -4.71. The zero-order valence-electron chi connectivity index (χ0n) is 15.2. The van der Waals surface area contributed by atoms with Gasteiger partial charge in [-0.15, -0.1) is 0 Å². The summed E-state index contributed by atoms with van der Waals surface area (Å²) in [5, 5.41) is 11.2. The Balaban J connectivity index is 1.75. The summed E-state index contributed by atoms with van der Waals surface area (Å²) in [7, 11) is 0. The third kappa shape index (κ3) is 3.37. The number of nitrogens with one attached hydrogen (secondary N) is 1. The van der Waals surface area contributed by atoms with Gasteiger partial charge in [0.15, 0.2) is 0 Å². The van der Waals surface area contributed by atoms with E-state index in [-0.39, 0.29) is 17.4 Å². The highest BCUT2D eigenvalue weighted by Gasteiger charge is 2.60. The second-order valence-electron chi connectivity index (χ2n) is 6.98. The molecule has 152 valence electrons. The van der Waals surface area contributed by atoms with Crippen molar-refractivity contribution < 1.29 is 27.8 Å². The Kier molecular flexibility index (Phi) is 4.60. The number of carboxylic acid groups (broad SMARTS) is 1. The molecule has 0 aromatic heterocycles. The molecule has 2 aromatic rings. The number of rotatable bonds is 2. The molecule has 2 aromatic carbocycles. The standard InChI is InChI=1S/C20H18F3N3O3/c21-20(22,23)19(13-6-2-1-3-7-13)12-24-17(15-8-4-5-9-16(15)29-19)26-10-14(11-26)25-18(27)28/h1-9,14,25H,10-12H2,(H,27,28). The number of amidine groups is 1. The number of benzene rings is 2. The Labute approximate surface area is 164 Å². The SMILES string of the molecule is O=C(O)NC1CN(C2=NCC(c3ccccc3)(C(F)(F)F)Oc3ccccc32)C1. The van der Waals surface area contributed by atoms with E-state index in [1.807, 2.05) is 0 Å². The number of hydrogen-bond acceptors (Lipinski definition) is 4. The van der Waals surface area contributed by atoms with E-state index in [0.717, 1.165) is 0 Å². The molecule has 1 saturated heterocycles. The van der Waals surface area contributed by atoms with Crippen molar-refractivity contribution in [2.24, 2.45) is 4.99 Å². The maximum Gasteiger partial charge on any atom is 0.434 e. The quantitative estimate of drug-likeness (QED) is 0.805. The molecule has 4 rings (SSSR count). The molecule has 2 heterocycles. The molecule has 9 heteroatoms. The van der Waals surface area contributed by atoms with E-state index < -0.39 is 24.4 Å². The van der Waals surface area contributed by atoms with Gasteiger partial charge in [0, 0.05) is 18.7 Å². The predicted molar refractivity (Wildman–Crippen MR) is 99.2 cm³/mol. The summed E-state index contributed by atoms with van der Waals surface area (Å²) in [6, 6.07) is 13.6. The summed E-state index contributed by atoms with van der Waals surface area (Å²) in [6.45, 7) is 0.00565. The molecule has 0 radical (unpaired) electrons. The molecule has 1 amide bonds. The lowest BCUT2D eigenvalue weighted by atomic mass is 9.92. The number of ether oxygens (including phenoxy) is 1. The van der Waals surface area contributed by atoms with Gasteiger partial charge in [0.2, 0.25) is 5.60 Å². The average molecular weight is 405 g/mol. The van der Waals surface area contributed by atoms with Gasteiger partial charge in [0.1, 0.15) is 11.6 Å². The van der Waals surface area contributed by atoms with Gasteiger partial charge in [-0.05, 0) is 12.1 Å². The van der Waals surface area contributed by atoms with Gasteiger partial charge in [-0.3, -0.25) is 4.99 Å². The van der Waals surface area contributed by atoms with Crippen molar-refractivity contribution in [3.63, 3.8) is 0 Å². The largest absolute Gasteiger partial charge is 0.470 e. The van der Waals surface area contributed by atoms with Crippen LogP contribution in [0.15, 0.2) is 59.6 Å². The average Bonchev–Trinajstić information content (AvgIpc) is 2.82. The Bertz CT molecular complexity index is 943. The molecule has 2 aliphatic rings. The van der Waals surface area contributed by atoms with Crippen LogP contribution in [0.3, 0.4) is 0 Å². The summed E-state index contributed by atoms with van der Waals surface area (Å²) in [5.74, 6) is 0.450. The molecular formula is C20H18F3N3O3. The van der Waals surface area contributed by atoms with Crippen LogP contribution >= 0.6 is 0 Å². The lowest BCUT2D eigenvalue weighted by Gasteiger charge is -2.41. The molecule has 0 bridgehead atoms. The number of alkyl halides is 3. The highest BCUT2D eigenvalue weighted by atomic mass is 19.4. The van der Waals surface area contributed by atoms with Gasteiger partial charge in [-0.25, -0.2) is 4.79 Å². The first kappa shape index (κ1) is 19.1. The summed E-state index contributed by atoms with van der Waals surface area (Å²) in [4.78, 5) is 16.9. The van der Waals surface area contributed by atoms with Crippen LogP contribution in [0.1, 0.15) is 11.1 Å². The van der Waals surface area contributed by atoms with Gasteiger partial charge >= 0.3 is 12.3 Å². The van der Waals surface area contributed by atoms with Gasteiger partial charge in [0.05, 0.1) is 18.2 Å². The molecule has 0 aliphatic carbocycles. The molecule has 0 spiro atoms. The number of hydrogen-bond donors (Lipinski definition) is 2. The molecule has 6 nitrogen and oxygen atoms in total. The van der Waals surface area contributed by atoms with E-state index in [1.54, 1.807) is 29.2 Å². The molecule has 1 fully saturated rings. The summed E-state index contributed by atoms with van der Waals surface area (Å²) in [6.07, 6.45) is -5.84. The second-order valence-corrected chi connectivity index (χ2v) is 6.98. The number of aliphatic imine (C=N–C) groups is 1. The number of amides is 1. The van der Waals surface area contributed by atoms with E-state index in [1.165, 1.54) is 30.3 Å². The fourth-order valence-corrected chi connectivity index (χ4v) is 3.59. The number of halogens is 3. The topological polar surface area (TPSA) is 74.2 Å². The first-order valence-corrected chi connectivity index (χ1v) is 9.00. The maximum absolute atomic E-state index is 14.3. The number of fused-ring (bicyclic) bond motifs is 1. The van der Waals surface area contributed by atoms with Crippen molar-refractivity contribution in [3.05, 3.63) is 65.7 Å². The minimum absolute atomic E-state index is 0.0265. The van der Waals surface area contributed by atoms with Gasteiger partial charge in [-0.1, -0.05) is 42.5 Å². The zero-order valence-corrected chi connectivity index (χ0v) is 15.2. The zero-order chi connectivity index (χ0) is 20.6. The molecule has 2 aliphatic heterocycles. The lowest BCUT2D eigenvalue weighted by Crippen LogP contribution is -2.61. The van der Waals surface area contributed by atoms with E-state index in [2.05, 4.69) is 10.3 Å². The van der Waals surface area contributed by atoms with Crippen molar-refractivity contribution in [2.45, 2.75) is 17.8 Å². The monoisotopic (exact) mass is 405 g/mol. The lowest BCUT2D eigenvalue weighted by molar-refractivity contribution is -0.250. The highest BCUT2D eigenvalue weighted by Crippen LogP contribution is 2.45. The normalized spacial score (nSPS) is 21.9. The van der Waals surface area contributed by atoms with Crippen molar-refractivity contribution in [3.8, 4) is 5.75 Å². The van der Waals surface area contributed by atoms with Crippen LogP contribution in [0.5, 0.6) is 5.75 Å². The van der Waals surface area contributed by atoms with Crippen LogP contribution in [0, 0.1) is 0 Å². The predicted octanol–water partition coefficient (Wildman–Crippen LogP) is 3.24. The smallest absolute Gasteiger partial charge is 0.434 e. The number of carbonyl (C=O) groups is 1.